The van der Waals surface area contributed by atoms with E-state index in [0.29, 0.717) is 6.07 Å². The molecule has 11 heteroatoms. The number of hydrogen-bond donors (Lipinski definition) is 1. The van der Waals surface area contributed by atoms with Crippen LogP contribution in [0.4, 0.5) is 23.2 Å². The average molecular weight is 393 g/mol. The molecule has 2 aromatic carbocycles. The van der Waals surface area contributed by atoms with Gasteiger partial charge in [0.2, 0.25) is 0 Å². The summed E-state index contributed by atoms with van der Waals surface area (Å²) in [6, 6.07) is 3.62. The minimum Gasteiger partial charge on any atom is -0.453 e. The van der Waals surface area contributed by atoms with E-state index in [1.165, 1.54) is 7.05 Å². The van der Waals surface area contributed by atoms with Crippen molar-refractivity contribution in [3.05, 3.63) is 62.4 Å². The highest BCUT2D eigenvalue weighted by atomic mass is 35.5. The minimum atomic E-state index is -4.80. The van der Waals surface area contributed by atoms with E-state index < -0.39 is 44.8 Å². The molecule has 0 aliphatic rings. The van der Waals surface area contributed by atoms with Gasteiger partial charge in [-0.25, -0.2) is 4.39 Å². The molecule has 0 unspecified atom stereocenters. The molecule has 0 saturated carbocycles. The quantitative estimate of drug-likeness (QED) is 0.470. The topological polar surface area (TPSA) is 81.5 Å². The van der Waals surface area contributed by atoms with Crippen molar-refractivity contribution in [3.8, 4) is 11.5 Å². The Hall–Kier alpha value is -2.88. The number of nitro benzene ring substituents is 1. The van der Waals surface area contributed by atoms with Crippen molar-refractivity contribution in [1.29, 1.82) is 0 Å². The predicted molar refractivity (Wildman–Crippen MR) is 83.0 cm³/mol. The molecule has 0 bridgehead atoms. The number of benzene rings is 2. The summed E-state index contributed by atoms with van der Waals surface area (Å²) in [5.74, 6) is -3.13. The normalized spacial score (nSPS) is 11.2. The third-order valence-corrected chi connectivity index (χ3v) is 3.46. The summed E-state index contributed by atoms with van der Waals surface area (Å²) in [7, 11) is 1.24. The summed E-state index contributed by atoms with van der Waals surface area (Å²) in [4.78, 5) is 21.9. The Labute approximate surface area is 148 Å². The lowest BCUT2D eigenvalue weighted by atomic mass is 10.1. The number of amides is 1. The molecule has 0 fully saturated rings. The summed E-state index contributed by atoms with van der Waals surface area (Å²) in [6.45, 7) is 0. The second-order valence-electron chi connectivity index (χ2n) is 4.88. The third kappa shape index (κ3) is 4.02. The maximum Gasteiger partial charge on any atom is 0.416 e. The van der Waals surface area contributed by atoms with E-state index in [-0.39, 0.29) is 17.4 Å². The van der Waals surface area contributed by atoms with Crippen LogP contribution in [0.2, 0.25) is 5.02 Å². The summed E-state index contributed by atoms with van der Waals surface area (Å²) in [6.07, 6.45) is -4.80. The molecule has 26 heavy (non-hydrogen) atoms. The van der Waals surface area contributed by atoms with E-state index in [1.807, 2.05) is 0 Å². The van der Waals surface area contributed by atoms with Crippen LogP contribution in [0.1, 0.15) is 15.9 Å². The van der Waals surface area contributed by atoms with Crippen LogP contribution in [0.3, 0.4) is 0 Å². The summed E-state index contributed by atoms with van der Waals surface area (Å²) < 4.78 is 57.0. The number of nitrogens with zero attached hydrogens (tertiary/aromatic N) is 1. The molecule has 0 atom stereocenters. The van der Waals surface area contributed by atoms with Crippen molar-refractivity contribution in [1.82, 2.24) is 5.32 Å². The fraction of sp³-hybridized carbons (Fsp3) is 0.133. The molecule has 0 heterocycles. The fourth-order valence-corrected chi connectivity index (χ4v) is 2.24. The van der Waals surface area contributed by atoms with Gasteiger partial charge in [-0.05, 0) is 18.2 Å². The number of carbonyl (C=O) groups is 1. The van der Waals surface area contributed by atoms with Gasteiger partial charge in [-0.3, -0.25) is 14.9 Å². The second-order valence-corrected chi connectivity index (χ2v) is 5.29. The Balaban J connectivity index is 2.46. The zero-order chi connectivity index (χ0) is 19.6. The van der Waals surface area contributed by atoms with Gasteiger partial charge in [-0.15, -0.1) is 0 Å². The van der Waals surface area contributed by atoms with Crippen molar-refractivity contribution in [2.75, 3.05) is 7.05 Å². The zero-order valence-corrected chi connectivity index (χ0v) is 13.6. The van der Waals surface area contributed by atoms with Crippen LogP contribution in [-0.2, 0) is 6.18 Å². The lowest BCUT2D eigenvalue weighted by Crippen LogP contribution is -2.19. The van der Waals surface area contributed by atoms with E-state index in [1.54, 1.807) is 0 Å². The van der Waals surface area contributed by atoms with Crippen LogP contribution < -0.4 is 10.1 Å². The van der Waals surface area contributed by atoms with Gasteiger partial charge in [0.15, 0.2) is 11.6 Å². The van der Waals surface area contributed by atoms with Gasteiger partial charge < -0.3 is 10.1 Å². The van der Waals surface area contributed by atoms with Gasteiger partial charge in [0.05, 0.1) is 15.5 Å². The van der Waals surface area contributed by atoms with E-state index in [2.05, 4.69) is 5.32 Å². The van der Waals surface area contributed by atoms with Crippen molar-refractivity contribution in [3.63, 3.8) is 0 Å². The van der Waals surface area contributed by atoms with Gasteiger partial charge in [0.25, 0.3) is 11.6 Å². The monoisotopic (exact) mass is 392 g/mol. The third-order valence-electron chi connectivity index (χ3n) is 3.18. The molecule has 0 aliphatic heterocycles. The second kappa shape index (κ2) is 7.16. The molecule has 138 valence electrons. The number of rotatable bonds is 4. The fourth-order valence-electron chi connectivity index (χ4n) is 1.99. The molecule has 0 aliphatic carbocycles. The predicted octanol–water partition coefficient (Wildman–Crippen LogP) is 4.56. The number of alkyl halides is 3. The highest BCUT2D eigenvalue weighted by Crippen LogP contribution is 2.39. The smallest absolute Gasteiger partial charge is 0.416 e. The molecular weight excluding hydrogens is 384 g/mol. The first-order valence-corrected chi connectivity index (χ1v) is 7.17. The molecule has 6 nitrogen and oxygen atoms in total. The van der Waals surface area contributed by atoms with Crippen LogP contribution in [0.15, 0.2) is 30.3 Å². The number of ether oxygens (including phenoxy) is 1. The lowest BCUT2D eigenvalue weighted by Gasteiger charge is -2.13. The number of hydrogen-bond acceptors (Lipinski definition) is 4. The molecule has 2 rings (SSSR count). The van der Waals surface area contributed by atoms with Crippen LogP contribution in [0.5, 0.6) is 11.5 Å². The molecule has 1 amide bonds. The Bertz CT molecular complexity index is 863. The van der Waals surface area contributed by atoms with Crippen LogP contribution in [0, 0.1) is 15.9 Å². The maximum atomic E-state index is 14.0. The lowest BCUT2D eigenvalue weighted by molar-refractivity contribution is -0.385. The molecular formula is C15H9ClF4N2O4. The maximum absolute atomic E-state index is 14.0. The van der Waals surface area contributed by atoms with E-state index >= 15 is 0 Å². The first kappa shape index (κ1) is 19.4. The average Bonchev–Trinajstić information content (AvgIpc) is 2.56. The molecule has 0 saturated heterocycles. The Morgan fingerprint density at radius 3 is 2.42 bits per heavy atom. The van der Waals surface area contributed by atoms with Gasteiger partial charge in [0, 0.05) is 19.2 Å². The van der Waals surface area contributed by atoms with Gasteiger partial charge >= 0.3 is 6.18 Å². The Morgan fingerprint density at radius 2 is 1.92 bits per heavy atom. The number of nitrogens with one attached hydrogen (secondary N) is 1. The van der Waals surface area contributed by atoms with E-state index in [9.17, 15) is 32.5 Å². The van der Waals surface area contributed by atoms with Crippen LogP contribution in [-0.4, -0.2) is 17.9 Å². The molecule has 0 aromatic heterocycles. The summed E-state index contributed by atoms with van der Waals surface area (Å²) in [5, 5.41) is 12.5. The molecule has 1 N–H and O–H groups in total. The van der Waals surface area contributed by atoms with Gasteiger partial charge in [-0.1, -0.05) is 11.6 Å². The van der Waals surface area contributed by atoms with Gasteiger partial charge in [-0.2, -0.15) is 13.2 Å². The highest BCUT2D eigenvalue weighted by Gasteiger charge is 2.33. The Morgan fingerprint density at radius 1 is 1.27 bits per heavy atom. The number of carbonyl (C=O) groups excluding carboxylic acids is 1. The van der Waals surface area contributed by atoms with E-state index in [0.717, 1.165) is 18.2 Å². The van der Waals surface area contributed by atoms with Crippen molar-refractivity contribution >= 4 is 23.2 Å². The SMILES string of the molecule is CNC(=O)c1cc(Oc2c(F)cc(C(F)(F)F)cc2Cl)ccc1[N+](=O)[O-]. The van der Waals surface area contributed by atoms with Crippen molar-refractivity contribution in [2.24, 2.45) is 0 Å². The molecule has 0 spiro atoms. The minimum absolute atomic E-state index is 0.201. The largest absolute Gasteiger partial charge is 0.453 e. The number of nitro groups is 1. The van der Waals surface area contributed by atoms with Crippen molar-refractivity contribution < 1.29 is 32.0 Å². The van der Waals surface area contributed by atoms with Crippen LogP contribution >= 0.6 is 11.6 Å². The van der Waals surface area contributed by atoms with Crippen molar-refractivity contribution in [2.45, 2.75) is 6.18 Å². The standard InChI is InChI=1S/C15H9ClF4N2O4/c1-21-14(23)9-6-8(2-3-12(9)22(24)25)26-13-10(16)4-7(5-11(13)17)15(18,19)20/h2-6H,1H3,(H,21,23). The molecule has 2 aromatic rings. The number of halogens is 5. The Kier molecular flexibility index (Phi) is 5.36. The van der Waals surface area contributed by atoms with E-state index in [4.69, 9.17) is 16.3 Å². The first-order valence-electron chi connectivity index (χ1n) is 6.79. The highest BCUT2D eigenvalue weighted by molar-refractivity contribution is 6.32. The first-order chi connectivity index (χ1) is 12.0. The summed E-state index contributed by atoms with van der Waals surface area (Å²) >= 11 is 5.65. The summed E-state index contributed by atoms with van der Waals surface area (Å²) in [5.41, 5.74) is -2.21. The zero-order valence-electron chi connectivity index (χ0n) is 12.9. The van der Waals surface area contributed by atoms with Crippen LogP contribution in [0.25, 0.3) is 0 Å². The van der Waals surface area contributed by atoms with Gasteiger partial charge in [0.1, 0.15) is 11.3 Å². The molecule has 0 radical (unpaired) electrons.